The lowest BCUT2D eigenvalue weighted by atomic mass is 9.91. The largest absolute Gasteiger partial charge is 0.274 e. The van der Waals surface area contributed by atoms with Crippen LogP contribution in [0.5, 0.6) is 0 Å². The van der Waals surface area contributed by atoms with Crippen molar-refractivity contribution in [1.82, 2.24) is 4.72 Å². The summed E-state index contributed by atoms with van der Waals surface area (Å²) in [6, 6.07) is 10.0. The Kier molecular flexibility index (Phi) is 7.28. The van der Waals surface area contributed by atoms with Gasteiger partial charge in [0.25, 0.3) is 0 Å². The minimum absolute atomic E-state index is 0.0915. The fourth-order valence-electron chi connectivity index (χ4n) is 3.49. The van der Waals surface area contributed by atoms with E-state index in [-0.39, 0.29) is 29.9 Å². The number of hydrogen-bond donors (Lipinski definition) is 1. The summed E-state index contributed by atoms with van der Waals surface area (Å²) >= 11 is 0. The first-order valence-corrected chi connectivity index (χ1v) is 10.7. The van der Waals surface area contributed by atoms with Crippen LogP contribution in [0.3, 0.4) is 0 Å². The molecule has 0 aliphatic heterocycles. The van der Waals surface area contributed by atoms with Crippen LogP contribution in [0.1, 0.15) is 57.4 Å². The highest BCUT2D eigenvalue weighted by Crippen LogP contribution is 2.24. The molecule has 4 nitrogen and oxygen atoms in total. The Hall–Kier alpha value is -1.36. The van der Waals surface area contributed by atoms with Crippen LogP contribution in [-0.2, 0) is 21.2 Å². The molecule has 2 rings (SSSR count). The highest BCUT2D eigenvalue weighted by atomic mass is 32.2. The lowest BCUT2D eigenvalue weighted by Gasteiger charge is -2.21. The van der Waals surface area contributed by atoms with Crippen molar-refractivity contribution in [2.75, 3.05) is 5.75 Å². The van der Waals surface area contributed by atoms with Gasteiger partial charge >= 0.3 is 0 Å². The smallest absolute Gasteiger partial charge is 0.235 e. The number of rotatable bonds is 8. The molecule has 1 aliphatic carbocycles. The van der Waals surface area contributed by atoms with Gasteiger partial charge < -0.3 is 0 Å². The number of nitrogens with one attached hydrogen (secondary N) is 1. The SMILES string of the molecule is CCC(CC(=O)NS(=O)(=O)CC1CCCCC1)Cc1ccccc1. The molecule has 1 amide bonds. The molecule has 1 aromatic carbocycles. The summed E-state index contributed by atoms with van der Waals surface area (Å²) in [6.45, 7) is 2.04. The van der Waals surface area contributed by atoms with Gasteiger partial charge in [-0.25, -0.2) is 8.42 Å². The molecule has 0 saturated heterocycles. The van der Waals surface area contributed by atoms with Gasteiger partial charge in [0.2, 0.25) is 15.9 Å². The topological polar surface area (TPSA) is 63.2 Å². The van der Waals surface area contributed by atoms with Gasteiger partial charge in [0.1, 0.15) is 0 Å². The van der Waals surface area contributed by atoms with E-state index in [4.69, 9.17) is 0 Å². The first-order valence-electron chi connectivity index (χ1n) is 9.05. The zero-order chi connectivity index (χ0) is 17.4. The van der Waals surface area contributed by atoms with Gasteiger partial charge in [0.15, 0.2) is 0 Å². The van der Waals surface area contributed by atoms with E-state index >= 15 is 0 Å². The van der Waals surface area contributed by atoms with Gasteiger partial charge in [-0.05, 0) is 36.7 Å². The molecule has 0 spiro atoms. The molecule has 1 saturated carbocycles. The minimum Gasteiger partial charge on any atom is -0.274 e. The van der Waals surface area contributed by atoms with Crippen LogP contribution in [0.2, 0.25) is 0 Å². The van der Waals surface area contributed by atoms with E-state index in [0.717, 1.165) is 38.5 Å². The highest BCUT2D eigenvalue weighted by Gasteiger charge is 2.24. The second-order valence-electron chi connectivity index (χ2n) is 6.98. The molecule has 0 aromatic heterocycles. The summed E-state index contributed by atoms with van der Waals surface area (Å²) in [6.07, 6.45) is 7.22. The van der Waals surface area contributed by atoms with Crippen molar-refractivity contribution in [3.63, 3.8) is 0 Å². The van der Waals surface area contributed by atoms with Crippen LogP contribution in [-0.4, -0.2) is 20.1 Å². The molecule has 1 aromatic rings. The van der Waals surface area contributed by atoms with Gasteiger partial charge in [0.05, 0.1) is 5.75 Å². The first-order chi connectivity index (χ1) is 11.5. The number of benzene rings is 1. The quantitative estimate of drug-likeness (QED) is 0.777. The third-order valence-corrected chi connectivity index (χ3v) is 6.32. The molecule has 1 atom stereocenters. The molecular formula is C19H29NO3S. The predicted octanol–water partition coefficient (Wildman–Crippen LogP) is 3.67. The standard InChI is InChI=1S/C19H29NO3S/c1-2-16(13-17-9-5-3-6-10-17)14-19(21)20-24(22,23)15-18-11-7-4-8-12-18/h3,5-6,9-10,16,18H,2,4,7-8,11-15H2,1H3,(H,20,21). The predicted molar refractivity (Wildman–Crippen MR) is 97.0 cm³/mol. The van der Waals surface area contributed by atoms with Crippen molar-refractivity contribution < 1.29 is 13.2 Å². The third-order valence-electron chi connectivity index (χ3n) is 4.87. The first kappa shape index (κ1) is 19.0. The van der Waals surface area contributed by atoms with E-state index in [9.17, 15) is 13.2 Å². The molecule has 0 heterocycles. The third kappa shape index (κ3) is 6.63. The average Bonchev–Trinajstić information content (AvgIpc) is 2.55. The molecule has 134 valence electrons. The molecule has 1 unspecified atom stereocenters. The number of carbonyl (C=O) groups is 1. The Balaban J connectivity index is 1.83. The summed E-state index contributed by atoms with van der Waals surface area (Å²) in [5.74, 6) is 0.0926. The van der Waals surface area contributed by atoms with Gasteiger partial charge in [-0.3, -0.25) is 9.52 Å². The van der Waals surface area contributed by atoms with Crippen molar-refractivity contribution in [2.45, 2.75) is 58.3 Å². The number of sulfonamides is 1. The van der Waals surface area contributed by atoms with E-state index in [1.54, 1.807) is 0 Å². The fourth-order valence-corrected chi connectivity index (χ4v) is 4.96. The monoisotopic (exact) mass is 351 g/mol. The summed E-state index contributed by atoms with van der Waals surface area (Å²) in [7, 11) is -3.51. The van der Waals surface area contributed by atoms with Gasteiger partial charge in [-0.15, -0.1) is 0 Å². The molecule has 0 radical (unpaired) electrons. The lowest BCUT2D eigenvalue weighted by Crippen LogP contribution is -2.36. The number of amides is 1. The van der Waals surface area contributed by atoms with Crippen molar-refractivity contribution >= 4 is 15.9 Å². The summed E-state index contributed by atoms with van der Waals surface area (Å²) in [4.78, 5) is 12.2. The van der Waals surface area contributed by atoms with Crippen molar-refractivity contribution in [3.05, 3.63) is 35.9 Å². The van der Waals surface area contributed by atoms with Crippen LogP contribution < -0.4 is 4.72 Å². The zero-order valence-electron chi connectivity index (χ0n) is 14.5. The Morgan fingerprint density at radius 1 is 1.17 bits per heavy atom. The molecule has 5 heteroatoms. The second kappa shape index (κ2) is 9.21. The molecule has 1 aliphatic rings. The van der Waals surface area contributed by atoms with Gasteiger partial charge in [-0.2, -0.15) is 0 Å². The fraction of sp³-hybridized carbons (Fsp3) is 0.632. The van der Waals surface area contributed by atoms with E-state index < -0.39 is 10.0 Å². The van der Waals surface area contributed by atoms with Crippen molar-refractivity contribution in [3.8, 4) is 0 Å². The van der Waals surface area contributed by atoms with Gasteiger partial charge in [0, 0.05) is 6.42 Å². The summed E-state index contributed by atoms with van der Waals surface area (Å²) in [5, 5.41) is 0. The normalized spacial score (nSPS) is 17.4. The summed E-state index contributed by atoms with van der Waals surface area (Å²) < 4.78 is 26.7. The second-order valence-corrected chi connectivity index (χ2v) is 8.75. The van der Waals surface area contributed by atoms with Crippen molar-refractivity contribution in [2.24, 2.45) is 11.8 Å². The maximum Gasteiger partial charge on any atom is 0.235 e. The average molecular weight is 352 g/mol. The maximum absolute atomic E-state index is 12.2. The lowest BCUT2D eigenvalue weighted by molar-refractivity contribution is -0.120. The van der Waals surface area contributed by atoms with Gasteiger partial charge in [-0.1, -0.05) is 62.9 Å². The van der Waals surface area contributed by atoms with E-state index in [1.165, 1.54) is 12.0 Å². The molecular weight excluding hydrogens is 322 g/mol. The molecule has 24 heavy (non-hydrogen) atoms. The number of carbonyl (C=O) groups excluding carboxylic acids is 1. The van der Waals surface area contributed by atoms with E-state index in [0.29, 0.717) is 0 Å². The van der Waals surface area contributed by atoms with Crippen LogP contribution >= 0.6 is 0 Å². The van der Waals surface area contributed by atoms with Crippen molar-refractivity contribution in [1.29, 1.82) is 0 Å². The maximum atomic E-state index is 12.2. The molecule has 1 fully saturated rings. The Bertz CT molecular complexity index is 607. The summed E-state index contributed by atoms with van der Waals surface area (Å²) in [5.41, 5.74) is 1.18. The highest BCUT2D eigenvalue weighted by molar-refractivity contribution is 7.90. The van der Waals surface area contributed by atoms with Crippen LogP contribution in [0.25, 0.3) is 0 Å². The Labute approximate surface area is 146 Å². The Morgan fingerprint density at radius 3 is 2.46 bits per heavy atom. The van der Waals surface area contributed by atoms with E-state index in [2.05, 4.69) is 4.72 Å². The molecule has 1 N–H and O–H groups in total. The minimum atomic E-state index is -3.51. The molecule has 0 bridgehead atoms. The van der Waals surface area contributed by atoms with Crippen LogP contribution in [0, 0.1) is 11.8 Å². The van der Waals surface area contributed by atoms with E-state index in [1.807, 2.05) is 37.3 Å². The Morgan fingerprint density at radius 2 is 1.83 bits per heavy atom. The van der Waals surface area contributed by atoms with Crippen LogP contribution in [0.4, 0.5) is 0 Å². The van der Waals surface area contributed by atoms with Crippen LogP contribution in [0.15, 0.2) is 30.3 Å². The number of hydrogen-bond acceptors (Lipinski definition) is 3. The zero-order valence-corrected chi connectivity index (χ0v) is 15.4.